The second kappa shape index (κ2) is 7.89. The summed E-state index contributed by atoms with van der Waals surface area (Å²) in [7, 11) is 0. The van der Waals surface area contributed by atoms with Crippen LogP contribution in [0, 0.1) is 0 Å². The van der Waals surface area contributed by atoms with Gasteiger partial charge in [0.1, 0.15) is 0 Å². The molecule has 2 aromatic rings. The van der Waals surface area contributed by atoms with Gasteiger partial charge in [-0.25, -0.2) is 9.48 Å². The Bertz CT molecular complexity index is 710. The Labute approximate surface area is 152 Å². The summed E-state index contributed by atoms with van der Waals surface area (Å²) in [5.74, 6) is 0. The van der Waals surface area contributed by atoms with Gasteiger partial charge in [-0.05, 0) is 37.1 Å². The summed E-state index contributed by atoms with van der Waals surface area (Å²) in [6, 6.07) is 6.71. The molecule has 1 heterocycles. The Kier molecular flexibility index (Phi) is 5.60. The van der Waals surface area contributed by atoms with E-state index in [1.807, 2.05) is 6.07 Å². The van der Waals surface area contributed by atoms with Crippen LogP contribution >= 0.6 is 11.6 Å². The molecule has 0 atom stereocenters. The first-order chi connectivity index (χ1) is 12.1. The highest BCUT2D eigenvalue weighted by molar-refractivity contribution is 6.32. The van der Waals surface area contributed by atoms with Gasteiger partial charge in [0.25, 0.3) is 0 Å². The highest BCUT2D eigenvalue weighted by atomic mass is 35.5. The lowest BCUT2D eigenvalue weighted by Crippen LogP contribution is -2.44. The fraction of sp³-hybridized carbons (Fsp3) is 0.444. The van der Waals surface area contributed by atoms with Gasteiger partial charge in [-0.1, -0.05) is 37.3 Å². The number of hydrogen-bond donors (Lipinski definition) is 3. The number of nitrogens with one attached hydrogen (secondary N) is 2. The zero-order valence-corrected chi connectivity index (χ0v) is 14.8. The van der Waals surface area contributed by atoms with Crippen LogP contribution in [0.5, 0.6) is 0 Å². The number of urea groups is 1. The minimum absolute atomic E-state index is 0.262. The van der Waals surface area contributed by atoms with Crippen LogP contribution in [-0.2, 0) is 0 Å². The van der Waals surface area contributed by atoms with Crippen LogP contribution in [0.15, 0.2) is 36.7 Å². The van der Waals surface area contributed by atoms with Crippen LogP contribution in [0.25, 0.3) is 5.69 Å². The monoisotopic (exact) mass is 362 g/mol. The molecule has 134 valence electrons. The quantitative estimate of drug-likeness (QED) is 0.725. The Morgan fingerprint density at radius 1 is 1.28 bits per heavy atom. The van der Waals surface area contributed by atoms with E-state index >= 15 is 0 Å². The lowest BCUT2D eigenvalue weighted by Gasteiger charge is -2.26. The highest BCUT2D eigenvalue weighted by Crippen LogP contribution is 2.26. The molecule has 2 amide bonds. The number of benzene rings is 1. The van der Waals surface area contributed by atoms with Gasteiger partial charge in [-0.15, -0.1) is 0 Å². The van der Waals surface area contributed by atoms with E-state index in [4.69, 9.17) is 11.6 Å². The number of carbonyl (C=O) groups excluding carboxylic acids is 1. The maximum absolute atomic E-state index is 12.1. The normalized spacial score (nSPS) is 16.9. The number of hydrogen-bond acceptors (Lipinski definition) is 3. The van der Waals surface area contributed by atoms with Crippen molar-refractivity contribution in [2.75, 3.05) is 11.9 Å². The van der Waals surface area contributed by atoms with E-state index in [1.54, 1.807) is 35.3 Å². The Morgan fingerprint density at radius 3 is 2.68 bits per heavy atom. The molecule has 1 aliphatic rings. The van der Waals surface area contributed by atoms with Crippen LogP contribution in [0.4, 0.5) is 10.5 Å². The summed E-state index contributed by atoms with van der Waals surface area (Å²) < 4.78 is 1.66. The lowest BCUT2D eigenvalue weighted by molar-refractivity contribution is 0.0281. The molecule has 7 heteroatoms. The van der Waals surface area contributed by atoms with Crippen molar-refractivity contribution in [2.45, 2.75) is 44.1 Å². The lowest BCUT2D eigenvalue weighted by atomic mass is 9.95. The van der Waals surface area contributed by atoms with Crippen molar-refractivity contribution in [3.05, 3.63) is 41.7 Å². The first-order valence-corrected chi connectivity index (χ1v) is 9.00. The third kappa shape index (κ3) is 4.74. The zero-order valence-electron chi connectivity index (χ0n) is 14.0. The van der Waals surface area contributed by atoms with Crippen LogP contribution in [0.2, 0.25) is 5.02 Å². The van der Waals surface area contributed by atoms with E-state index < -0.39 is 5.60 Å². The van der Waals surface area contributed by atoms with Gasteiger partial charge >= 0.3 is 6.03 Å². The van der Waals surface area contributed by atoms with E-state index in [-0.39, 0.29) is 12.6 Å². The van der Waals surface area contributed by atoms with Crippen LogP contribution in [0.3, 0.4) is 0 Å². The van der Waals surface area contributed by atoms with Crippen molar-refractivity contribution in [3.8, 4) is 5.69 Å². The fourth-order valence-corrected chi connectivity index (χ4v) is 3.43. The number of anilines is 1. The molecule has 25 heavy (non-hydrogen) atoms. The van der Waals surface area contributed by atoms with Crippen molar-refractivity contribution in [3.63, 3.8) is 0 Å². The summed E-state index contributed by atoms with van der Waals surface area (Å²) in [6.07, 6.45) is 9.25. The number of aliphatic hydroxyl groups is 1. The maximum atomic E-state index is 12.1. The molecule has 1 saturated carbocycles. The molecule has 1 aromatic carbocycles. The molecule has 1 aromatic heterocycles. The molecule has 0 unspecified atom stereocenters. The minimum atomic E-state index is -0.796. The standard InChI is InChI=1S/C18H23ClN4O2/c19-15-12-14(6-7-16(15)23-11-5-10-21-23)22-17(24)20-13-18(25)8-3-1-2-4-9-18/h5-7,10-12,25H,1-4,8-9,13H2,(H2,20,22,24). The van der Waals surface area contributed by atoms with E-state index in [0.29, 0.717) is 10.7 Å². The van der Waals surface area contributed by atoms with Crippen LogP contribution < -0.4 is 10.6 Å². The first kappa shape index (κ1) is 17.8. The van der Waals surface area contributed by atoms with E-state index in [1.165, 1.54) is 0 Å². The van der Waals surface area contributed by atoms with Crippen molar-refractivity contribution >= 4 is 23.3 Å². The number of carbonyl (C=O) groups is 1. The molecule has 0 saturated heterocycles. The number of halogens is 1. The summed E-state index contributed by atoms with van der Waals surface area (Å²) in [5, 5.41) is 20.7. The molecule has 1 aliphatic carbocycles. The predicted molar refractivity (Wildman–Crippen MR) is 98.2 cm³/mol. The average molecular weight is 363 g/mol. The van der Waals surface area contributed by atoms with Crippen molar-refractivity contribution in [1.29, 1.82) is 0 Å². The van der Waals surface area contributed by atoms with Gasteiger partial charge in [0, 0.05) is 24.6 Å². The largest absolute Gasteiger partial charge is 0.388 e. The SMILES string of the molecule is O=C(NCC1(O)CCCCCC1)Nc1ccc(-n2cccn2)c(Cl)c1. The minimum Gasteiger partial charge on any atom is -0.388 e. The topological polar surface area (TPSA) is 79.2 Å². The zero-order chi connectivity index (χ0) is 17.7. The summed E-state index contributed by atoms with van der Waals surface area (Å²) >= 11 is 6.27. The van der Waals surface area contributed by atoms with Gasteiger partial charge in [-0.3, -0.25) is 0 Å². The van der Waals surface area contributed by atoms with Gasteiger partial charge in [0.05, 0.1) is 16.3 Å². The molecule has 0 aliphatic heterocycles. The highest BCUT2D eigenvalue weighted by Gasteiger charge is 2.28. The molecule has 0 bridgehead atoms. The van der Waals surface area contributed by atoms with Gasteiger partial charge in [0.2, 0.25) is 0 Å². The molecular formula is C18H23ClN4O2. The Hall–Kier alpha value is -2.05. The Morgan fingerprint density at radius 2 is 2.04 bits per heavy atom. The third-order valence-corrected chi connectivity index (χ3v) is 4.87. The van der Waals surface area contributed by atoms with Crippen LogP contribution in [0.1, 0.15) is 38.5 Å². The molecule has 0 spiro atoms. The molecule has 3 N–H and O–H groups in total. The number of nitrogens with zero attached hydrogens (tertiary/aromatic N) is 2. The second-order valence-corrected chi connectivity index (χ2v) is 6.97. The molecule has 3 rings (SSSR count). The molecule has 1 fully saturated rings. The molecule has 6 nitrogen and oxygen atoms in total. The number of amides is 2. The molecular weight excluding hydrogens is 340 g/mol. The first-order valence-electron chi connectivity index (χ1n) is 8.63. The van der Waals surface area contributed by atoms with Crippen molar-refractivity contribution < 1.29 is 9.90 Å². The van der Waals surface area contributed by atoms with Gasteiger partial charge in [0.15, 0.2) is 0 Å². The predicted octanol–water partition coefficient (Wildman–Crippen LogP) is 3.73. The smallest absolute Gasteiger partial charge is 0.319 e. The summed E-state index contributed by atoms with van der Waals surface area (Å²) in [5.41, 5.74) is 0.534. The van der Waals surface area contributed by atoms with Crippen molar-refractivity contribution in [1.82, 2.24) is 15.1 Å². The summed E-state index contributed by atoms with van der Waals surface area (Å²) in [6.45, 7) is 0.262. The van der Waals surface area contributed by atoms with E-state index in [9.17, 15) is 9.90 Å². The Balaban J connectivity index is 1.57. The van der Waals surface area contributed by atoms with Crippen molar-refractivity contribution in [2.24, 2.45) is 0 Å². The summed E-state index contributed by atoms with van der Waals surface area (Å²) in [4.78, 5) is 12.1. The maximum Gasteiger partial charge on any atom is 0.319 e. The third-order valence-electron chi connectivity index (χ3n) is 4.57. The van der Waals surface area contributed by atoms with E-state index in [2.05, 4.69) is 15.7 Å². The molecule has 0 radical (unpaired) electrons. The number of aromatic nitrogens is 2. The van der Waals surface area contributed by atoms with Gasteiger partial charge < -0.3 is 15.7 Å². The average Bonchev–Trinajstić information content (AvgIpc) is 3.02. The second-order valence-electron chi connectivity index (χ2n) is 6.56. The fourth-order valence-electron chi connectivity index (χ4n) is 3.17. The number of rotatable bonds is 4. The van der Waals surface area contributed by atoms with E-state index in [0.717, 1.165) is 44.2 Å². The van der Waals surface area contributed by atoms with Crippen LogP contribution in [-0.4, -0.2) is 33.1 Å². The van der Waals surface area contributed by atoms with Gasteiger partial charge in [-0.2, -0.15) is 5.10 Å².